The first kappa shape index (κ1) is 6.89. The lowest BCUT2D eigenvalue weighted by Crippen LogP contribution is -1.96. The number of rotatable bonds is 2. The van der Waals surface area contributed by atoms with Gasteiger partial charge in [0, 0.05) is 6.20 Å². The smallest absolute Gasteiger partial charge is 0.116 e. The molecular weight excluding hydrogens is 128 g/mol. The van der Waals surface area contributed by atoms with Crippen LogP contribution in [0.2, 0.25) is 0 Å². The number of aliphatic hydroxyl groups is 1. The molecule has 1 heterocycles. The number of hydrogen-bond acceptors (Lipinski definition) is 3. The first-order valence-corrected chi connectivity index (χ1v) is 2.93. The lowest BCUT2D eigenvalue weighted by atomic mass is 10.2. The Bertz CT molecular complexity index is 210. The van der Waals surface area contributed by atoms with Crippen molar-refractivity contribution in [3.8, 4) is 0 Å². The van der Waals surface area contributed by atoms with Gasteiger partial charge in [-0.2, -0.15) is 10.2 Å². The van der Waals surface area contributed by atoms with Crippen molar-refractivity contribution in [2.24, 2.45) is 0 Å². The molecule has 0 amide bonds. The molecule has 0 bridgehead atoms. The molecule has 0 aliphatic heterocycles. The highest BCUT2D eigenvalue weighted by Crippen LogP contribution is 2.06. The summed E-state index contributed by atoms with van der Waals surface area (Å²) < 4.78 is 0. The van der Waals surface area contributed by atoms with E-state index in [1.807, 2.05) is 0 Å². The maximum Gasteiger partial charge on any atom is 0.116 e. The average molecular weight is 136 g/mol. The van der Waals surface area contributed by atoms with Crippen molar-refractivity contribution >= 4 is 0 Å². The molecule has 0 aromatic carbocycles. The van der Waals surface area contributed by atoms with Gasteiger partial charge >= 0.3 is 0 Å². The van der Waals surface area contributed by atoms with Crippen molar-refractivity contribution in [2.75, 3.05) is 0 Å². The molecule has 1 aromatic heterocycles. The second kappa shape index (κ2) is 3.08. The fourth-order valence-corrected chi connectivity index (χ4v) is 0.592. The summed E-state index contributed by atoms with van der Waals surface area (Å²) in [6, 6.07) is 3.41. The molecule has 0 saturated heterocycles. The van der Waals surface area contributed by atoms with Gasteiger partial charge < -0.3 is 5.11 Å². The summed E-state index contributed by atoms with van der Waals surface area (Å²) in [5, 5.41) is 16.4. The van der Waals surface area contributed by atoms with Crippen LogP contribution in [0.5, 0.6) is 0 Å². The Morgan fingerprint density at radius 2 is 2.50 bits per heavy atom. The Labute approximate surface area is 59.0 Å². The molecule has 1 unspecified atom stereocenters. The van der Waals surface area contributed by atoms with Crippen molar-refractivity contribution in [2.45, 2.75) is 6.10 Å². The second-order valence-electron chi connectivity index (χ2n) is 1.83. The van der Waals surface area contributed by atoms with Crippen LogP contribution in [-0.2, 0) is 0 Å². The molecule has 10 heavy (non-hydrogen) atoms. The fourth-order valence-electron chi connectivity index (χ4n) is 0.592. The Morgan fingerprint density at radius 1 is 1.70 bits per heavy atom. The summed E-state index contributed by atoms with van der Waals surface area (Å²) in [6.07, 6.45) is 2.26. The van der Waals surface area contributed by atoms with Gasteiger partial charge in [0.25, 0.3) is 0 Å². The van der Waals surface area contributed by atoms with Crippen molar-refractivity contribution in [3.63, 3.8) is 0 Å². The van der Waals surface area contributed by atoms with E-state index in [-0.39, 0.29) is 0 Å². The van der Waals surface area contributed by atoms with Crippen molar-refractivity contribution < 1.29 is 5.11 Å². The number of nitrogens with zero attached hydrogens (tertiary/aromatic N) is 2. The molecule has 1 atom stereocenters. The Morgan fingerprint density at radius 3 is 3.00 bits per heavy atom. The van der Waals surface area contributed by atoms with Crippen molar-refractivity contribution in [3.05, 3.63) is 36.7 Å². The molecular formula is C7H8N2O. The number of aliphatic hydroxyl groups excluding tert-OH is 1. The van der Waals surface area contributed by atoms with Gasteiger partial charge in [-0.3, -0.25) is 0 Å². The average Bonchev–Trinajstić information content (AvgIpc) is 2.05. The van der Waals surface area contributed by atoms with E-state index in [4.69, 9.17) is 5.11 Å². The highest BCUT2D eigenvalue weighted by atomic mass is 16.3. The molecule has 0 spiro atoms. The van der Waals surface area contributed by atoms with Crippen LogP contribution in [0.3, 0.4) is 0 Å². The molecule has 0 radical (unpaired) electrons. The largest absolute Gasteiger partial charge is 0.383 e. The molecule has 0 aliphatic rings. The maximum atomic E-state index is 9.11. The van der Waals surface area contributed by atoms with Crippen LogP contribution < -0.4 is 0 Å². The van der Waals surface area contributed by atoms with Gasteiger partial charge in [-0.15, -0.1) is 6.58 Å². The van der Waals surface area contributed by atoms with E-state index >= 15 is 0 Å². The van der Waals surface area contributed by atoms with Gasteiger partial charge in [0.1, 0.15) is 6.10 Å². The highest BCUT2D eigenvalue weighted by molar-refractivity contribution is 5.07. The van der Waals surface area contributed by atoms with Crippen LogP contribution in [0.25, 0.3) is 0 Å². The summed E-state index contributed by atoms with van der Waals surface area (Å²) in [5.41, 5.74) is 0.525. The first-order chi connectivity index (χ1) is 4.84. The summed E-state index contributed by atoms with van der Waals surface area (Å²) in [4.78, 5) is 0. The van der Waals surface area contributed by atoms with E-state index in [0.717, 1.165) is 0 Å². The monoisotopic (exact) mass is 136 g/mol. The molecule has 3 nitrogen and oxygen atoms in total. The standard InChI is InChI=1S/C7H8N2O/c1-2-7(10)6-4-3-5-8-9-6/h2-5,7,10H,1H2. The van der Waals surface area contributed by atoms with Crippen LogP contribution in [0.4, 0.5) is 0 Å². The van der Waals surface area contributed by atoms with Crippen molar-refractivity contribution in [1.82, 2.24) is 10.2 Å². The Hall–Kier alpha value is -1.22. The van der Waals surface area contributed by atoms with Gasteiger partial charge in [-0.05, 0) is 12.1 Å². The van der Waals surface area contributed by atoms with Gasteiger partial charge in [0.05, 0.1) is 5.69 Å². The maximum absolute atomic E-state index is 9.11. The zero-order valence-electron chi connectivity index (χ0n) is 5.44. The van der Waals surface area contributed by atoms with E-state index in [9.17, 15) is 0 Å². The first-order valence-electron chi connectivity index (χ1n) is 2.93. The molecule has 0 aliphatic carbocycles. The van der Waals surface area contributed by atoms with Gasteiger partial charge in [0.15, 0.2) is 0 Å². The summed E-state index contributed by atoms with van der Waals surface area (Å²) >= 11 is 0. The molecule has 1 aromatic rings. The molecule has 1 rings (SSSR count). The second-order valence-corrected chi connectivity index (χ2v) is 1.83. The van der Waals surface area contributed by atoms with E-state index in [1.54, 1.807) is 18.3 Å². The van der Waals surface area contributed by atoms with E-state index < -0.39 is 6.10 Å². The third-order valence-corrected chi connectivity index (χ3v) is 1.12. The van der Waals surface area contributed by atoms with E-state index in [0.29, 0.717) is 5.69 Å². The molecule has 1 N–H and O–H groups in total. The normalized spacial score (nSPS) is 12.5. The zero-order valence-corrected chi connectivity index (χ0v) is 5.44. The third-order valence-electron chi connectivity index (χ3n) is 1.12. The van der Waals surface area contributed by atoms with E-state index in [1.165, 1.54) is 6.08 Å². The van der Waals surface area contributed by atoms with Gasteiger partial charge in [0.2, 0.25) is 0 Å². The highest BCUT2D eigenvalue weighted by Gasteiger charge is 2.01. The van der Waals surface area contributed by atoms with Gasteiger partial charge in [-0.1, -0.05) is 6.08 Å². The number of hydrogen-bond donors (Lipinski definition) is 1. The molecule has 0 saturated carbocycles. The van der Waals surface area contributed by atoms with Crippen LogP contribution in [0, 0.1) is 0 Å². The topological polar surface area (TPSA) is 46.0 Å². The summed E-state index contributed by atoms with van der Waals surface area (Å²) in [6.45, 7) is 3.42. The van der Waals surface area contributed by atoms with Crippen LogP contribution in [-0.4, -0.2) is 15.3 Å². The lowest BCUT2D eigenvalue weighted by molar-refractivity contribution is 0.222. The fraction of sp³-hybridized carbons (Fsp3) is 0.143. The minimum atomic E-state index is -0.700. The van der Waals surface area contributed by atoms with E-state index in [2.05, 4.69) is 16.8 Å². The Kier molecular flexibility index (Phi) is 2.12. The quantitative estimate of drug-likeness (QED) is 0.608. The van der Waals surface area contributed by atoms with Gasteiger partial charge in [-0.25, -0.2) is 0 Å². The minimum absolute atomic E-state index is 0.525. The van der Waals surface area contributed by atoms with Crippen LogP contribution >= 0.6 is 0 Å². The zero-order chi connectivity index (χ0) is 7.40. The minimum Gasteiger partial charge on any atom is -0.383 e. The lowest BCUT2D eigenvalue weighted by Gasteiger charge is -2.00. The predicted molar refractivity (Wildman–Crippen MR) is 37.2 cm³/mol. The van der Waals surface area contributed by atoms with Crippen LogP contribution in [0.15, 0.2) is 31.0 Å². The predicted octanol–water partition coefficient (Wildman–Crippen LogP) is 0.696. The molecule has 0 fully saturated rings. The van der Waals surface area contributed by atoms with Crippen LogP contribution in [0.1, 0.15) is 11.8 Å². The molecule has 3 heteroatoms. The SMILES string of the molecule is C=CC(O)c1cccnn1. The number of aromatic nitrogens is 2. The molecule has 52 valence electrons. The summed E-state index contributed by atoms with van der Waals surface area (Å²) in [5.74, 6) is 0. The summed E-state index contributed by atoms with van der Waals surface area (Å²) in [7, 11) is 0. The Balaban J connectivity index is 2.84. The third kappa shape index (κ3) is 1.39. The van der Waals surface area contributed by atoms with Crippen molar-refractivity contribution in [1.29, 1.82) is 0 Å².